The lowest BCUT2D eigenvalue weighted by Gasteiger charge is -2.17. The van der Waals surface area contributed by atoms with E-state index < -0.39 is 34.0 Å². The number of amides is 1. The fourth-order valence-electron chi connectivity index (χ4n) is 1.71. The van der Waals surface area contributed by atoms with Crippen LogP contribution in [0.1, 0.15) is 19.4 Å². The Morgan fingerprint density at radius 2 is 1.83 bits per heavy atom. The molecule has 1 amide bonds. The van der Waals surface area contributed by atoms with Gasteiger partial charge in [0.25, 0.3) is 5.91 Å². The lowest BCUT2D eigenvalue weighted by Crippen LogP contribution is -2.43. The van der Waals surface area contributed by atoms with Crippen LogP contribution in [0.3, 0.4) is 0 Å². The molecule has 1 aromatic rings. The monoisotopic (exact) mass is 354 g/mol. The summed E-state index contributed by atoms with van der Waals surface area (Å²) in [6.45, 7) is 8.29. The van der Waals surface area contributed by atoms with Crippen LogP contribution in [0.5, 0.6) is 0 Å². The van der Waals surface area contributed by atoms with Crippen molar-refractivity contribution >= 4 is 21.9 Å². The van der Waals surface area contributed by atoms with Crippen molar-refractivity contribution in [2.24, 2.45) is 0 Å². The van der Waals surface area contributed by atoms with Gasteiger partial charge in [-0.25, -0.2) is 8.42 Å². The van der Waals surface area contributed by atoms with E-state index in [-0.39, 0.29) is 11.4 Å². The van der Waals surface area contributed by atoms with E-state index in [2.05, 4.69) is 16.6 Å². The summed E-state index contributed by atoms with van der Waals surface area (Å²) < 4.78 is 31.6. The first-order valence-electron chi connectivity index (χ1n) is 7.35. The number of carbonyl (C=O) groups excluding carboxylic acids is 2. The summed E-state index contributed by atoms with van der Waals surface area (Å²) in [4.78, 5) is 23.6. The lowest BCUT2D eigenvalue weighted by molar-refractivity contribution is -0.155. The maximum atomic E-state index is 12.2. The van der Waals surface area contributed by atoms with E-state index >= 15 is 0 Å². The summed E-state index contributed by atoms with van der Waals surface area (Å²) in [6, 6.07) is 5.07. The molecule has 0 saturated carbocycles. The number of hydrogen-bond donors (Lipinski definition) is 2. The minimum atomic E-state index is -3.86. The highest BCUT2D eigenvalue weighted by Gasteiger charge is 2.26. The third-order valence-electron chi connectivity index (χ3n) is 3.10. The van der Waals surface area contributed by atoms with E-state index in [1.54, 1.807) is 12.1 Å². The number of nitrogens with one attached hydrogen (secondary N) is 2. The highest BCUT2D eigenvalue weighted by Crippen LogP contribution is 2.11. The van der Waals surface area contributed by atoms with Crippen molar-refractivity contribution in [2.75, 3.05) is 6.54 Å². The molecule has 0 radical (unpaired) electrons. The van der Waals surface area contributed by atoms with Gasteiger partial charge >= 0.3 is 5.97 Å². The summed E-state index contributed by atoms with van der Waals surface area (Å²) in [6.07, 6.45) is 0.453. The summed E-state index contributed by atoms with van der Waals surface area (Å²) in [5, 5.41) is 2.48. The zero-order valence-corrected chi connectivity index (χ0v) is 14.7. The average Bonchev–Trinajstić information content (AvgIpc) is 2.52. The van der Waals surface area contributed by atoms with Gasteiger partial charge in [0.05, 0.1) is 4.90 Å². The van der Waals surface area contributed by atoms with Gasteiger partial charge in [-0.2, -0.15) is 4.72 Å². The number of rotatable bonds is 8. The first kappa shape index (κ1) is 19.9. The van der Waals surface area contributed by atoms with Gasteiger partial charge in [-0.15, -0.1) is 6.58 Å². The molecule has 7 nitrogen and oxygen atoms in total. The van der Waals surface area contributed by atoms with E-state index in [9.17, 15) is 18.0 Å². The molecule has 1 rings (SSSR count). The molecule has 24 heavy (non-hydrogen) atoms. The summed E-state index contributed by atoms with van der Waals surface area (Å²) >= 11 is 0. The first-order valence-corrected chi connectivity index (χ1v) is 8.83. The van der Waals surface area contributed by atoms with Crippen molar-refractivity contribution in [1.82, 2.24) is 10.0 Å². The number of aryl methyl sites for hydroxylation is 1. The molecule has 0 aliphatic heterocycles. The van der Waals surface area contributed by atoms with Crippen molar-refractivity contribution in [3.05, 3.63) is 42.5 Å². The Bertz CT molecular complexity index is 698. The Hall–Kier alpha value is -2.19. The largest absolute Gasteiger partial charge is 0.451 e. The Morgan fingerprint density at radius 1 is 1.25 bits per heavy atom. The van der Waals surface area contributed by atoms with E-state index in [0.29, 0.717) is 0 Å². The molecule has 0 fully saturated rings. The van der Waals surface area contributed by atoms with Crippen molar-refractivity contribution in [2.45, 2.75) is 37.8 Å². The summed E-state index contributed by atoms with van der Waals surface area (Å²) in [7, 11) is -3.86. The Morgan fingerprint density at radius 3 is 2.38 bits per heavy atom. The van der Waals surface area contributed by atoms with Gasteiger partial charge in [-0.1, -0.05) is 23.8 Å². The average molecular weight is 354 g/mol. The fraction of sp³-hybridized carbons (Fsp3) is 0.375. The number of esters is 1. The molecule has 0 bridgehead atoms. The van der Waals surface area contributed by atoms with Gasteiger partial charge < -0.3 is 10.1 Å². The minimum Gasteiger partial charge on any atom is -0.451 e. The van der Waals surface area contributed by atoms with Crippen LogP contribution >= 0.6 is 0 Å². The molecule has 2 N–H and O–H groups in total. The highest BCUT2D eigenvalue weighted by atomic mass is 32.2. The lowest BCUT2D eigenvalue weighted by atomic mass is 10.2. The summed E-state index contributed by atoms with van der Waals surface area (Å²) in [5.74, 6) is -1.33. The zero-order chi connectivity index (χ0) is 18.3. The predicted molar refractivity (Wildman–Crippen MR) is 89.7 cm³/mol. The molecule has 0 aromatic heterocycles. The number of sulfonamides is 1. The van der Waals surface area contributed by atoms with Gasteiger partial charge in [0, 0.05) is 6.54 Å². The maximum absolute atomic E-state index is 12.2. The predicted octanol–water partition coefficient (Wildman–Crippen LogP) is 0.896. The van der Waals surface area contributed by atoms with Crippen molar-refractivity contribution < 1.29 is 22.7 Å². The third kappa shape index (κ3) is 5.78. The normalized spacial score (nSPS) is 13.6. The van der Waals surface area contributed by atoms with Crippen LogP contribution in [0.2, 0.25) is 0 Å². The van der Waals surface area contributed by atoms with Crippen LogP contribution in [0.4, 0.5) is 0 Å². The number of carbonyl (C=O) groups is 2. The molecule has 132 valence electrons. The molecular weight excluding hydrogens is 332 g/mol. The molecule has 0 unspecified atom stereocenters. The topological polar surface area (TPSA) is 102 Å². The number of benzene rings is 1. The van der Waals surface area contributed by atoms with Gasteiger partial charge in [0.2, 0.25) is 10.0 Å². The van der Waals surface area contributed by atoms with Crippen LogP contribution in [0, 0.1) is 6.92 Å². The smallest absolute Gasteiger partial charge is 0.324 e. The third-order valence-corrected chi connectivity index (χ3v) is 4.66. The van der Waals surface area contributed by atoms with Crippen molar-refractivity contribution in [3.8, 4) is 0 Å². The van der Waals surface area contributed by atoms with E-state index in [4.69, 9.17) is 4.74 Å². The molecule has 2 atom stereocenters. The second-order valence-corrected chi connectivity index (χ2v) is 6.98. The van der Waals surface area contributed by atoms with Crippen LogP contribution < -0.4 is 10.0 Å². The fourth-order valence-corrected chi connectivity index (χ4v) is 2.90. The summed E-state index contributed by atoms with van der Waals surface area (Å²) in [5.41, 5.74) is 0.917. The second kappa shape index (κ2) is 8.60. The van der Waals surface area contributed by atoms with Gasteiger partial charge in [0.1, 0.15) is 6.04 Å². The van der Waals surface area contributed by atoms with E-state index in [1.165, 1.54) is 32.1 Å². The van der Waals surface area contributed by atoms with Gasteiger partial charge in [-0.05, 0) is 32.9 Å². The number of ether oxygens (including phenoxy) is 1. The van der Waals surface area contributed by atoms with Crippen LogP contribution in [0.25, 0.3) is 0 Å². The molecule has 1 aromatic carbocycles. The quantitative estimate of drug-likeness (QED) is 0.533. The SMILES string of the molecule is C=CCNC(=O)[C@@H](C)OC(=O)[C@H](C)NS(=O)(=O)c1ccc(C)cc1. The number of hydrogen-bond acceptors (Lipinski definition) is 5. The first-order chi connectivity index (χ1) is 11.2. The molecular formula is C16H22N2O5S. The highest BCUT2D eigenvalue weighted by molar-refractivity contribution is 7.89. The van der Waals surface area contributed by atoms with Gasteiger partial charge in [-0.3, -0.25) is 9.59 Å². The van der Waals surface area contributed by atoms with Crippen LogP contribution in [0.15, 0.2) is 41.8 Å². The Balaban J connectivity index is 2.67. The molecule has 0 spiro atoms. The van der Waals surface area contributed by atoms with Crippen LogP contribution in [-0.4, -0.2) is 39.0 Å². The minimum absolute atomic E-state index is 0.0459. The Labute approximate surface area is 142 Å². The standard InChI is InChI=1S/C16H22N2O5S/c1-5-10-17-15(19)13(4)23-16(20)12(3)18-24(21,22)14-8-6-11(2)7-9-14/h5-9,12-13,18H,1,10H2,2-4H3,(H,17,19)/t12-,13+/m0/s1. The van der Waals surface area contributed by atoms with Crippen molar-refractivity contribution in [1.29, 1.82) is 0 Å². The molecule has 0 heterocycles. The van der Waals surface area contributed by atoms with E-state index in [0.717, 1.165) is 5.56 Å². The molecule has 0 aliphatic rings. The van der Waals surface area contributed by atoms with E-state index in [1.807, 2.05) is 6.92 Å². The molecule has 0 saturated heterocycles. The van der Waals surface area contributed by atoms with Crippen LogP contribution in [-0.2, 0) is 24.3 Å². The molecule has 0 aliphatic carbocycles. The Kier molecular flexibility index (Phi) is 7.12. The zero-order valence-electron chi connectivity index (χ0n) is 13.9. The molecule has 8 heteroatoms. The van der Waals surface area contributed by atoms with Gasteiger partial charge in [0.15, 0.2) is 6.10 Å². The second-order valence-electron chi connectivity index (χ2n) is 5.27. The van der Waals surface area contributed by atoms with Crippen molar-refractivity contribution in [3.63, 3.8) is 0 Å². The maximum Gasteiger partial charge on any atom is 0.324 e.